The Balaban J connectivity index is 2.19. The molecule has 1 heterocycles. The van der Waals surface area contributed by atoms with Crippen LogP contribution in [0.15, 0.2) is 30.3 Å². The van der Waals surface area contributed by atoms with Crippen LogP contribution in [0, 0.1) is 5.92 Å². The van der Waals surface area contributed by atoms with Crippen molar-refractivity contribution in [2.24, 2.45) is 5.92 Å². The lowest BCUT2D eigenvalue weighted by atomic mass is 9.89. The van der Waals surface area contributed by atoms with Crippen molar-refractivity contribution in [2.45, 2.75) is 38.8 Å². The summed E-state index contributed by atoms with van der Waals surface area (Å²) in [6, 6.07) is 12.1. The Hall–Kier alpha value is -0.860. The smallest absolute Gasteiger partial charge is 0.0475 e. The van der Waals surface area contributed by atoms with Crippen molar-refractivity contribution in [2.75, 3.05) is 20.1 Å². The molecule has 0 radical (unpaired) electrons. The Labute approximate surface area is 111 Å². The van der Waals surface area contributed by atoms with Crippen molar-refractivity contribution in [3.63, 3.8) is 0 Å². The third kappa shape index (κ3) is 2.93. The molecule has 0 spiro atoms. The molecule has 0 amide bonds. The second kappa shape index (κ2) is 6.35. The Morgan fingerprint density at radius 1 is 1.28 bits per heavy atom. The van der Waals surface area contributed by atoms with Gasteiger partial charge in [0, 0.05) is 18.6 Å². The lowest BCUT2D eigenvalue weighted by molar-refractivity contribution is 0.0679. The molecule has 1 N–H and O–H groups in total. The largest absolute Gasteiger partial charge is 0.318 e. The number of piperidine rings is 1. The van der Waals surface area contributed by atoms with E-state index in [0.717, 1.165) is 12.5 Å². The molecule has 3 atom stereocenters. The second-order valence-electron chi connectivity index (χ2n) is 5.58. The Kier molecular flexibility index (Phi) is 4.79. The lowest BCUT2D eigenvalue weighted by Crippen LogP contribution is -2.46. The first-order chi connectivity index (χ1) is 8.74. The molecule has 1 saturated heterocycles. The van der Waals surface area contributed by atoms with Crippen molar-refractivity contribution < 1.29 is 0 Å². The van der Waals surface area contributed by atoms with E-state index in [1.54, 1.807) is 0 Å². The molecule has 18 heavy (non-hydrogen) atoms. The van der Waals surface area contributed by atoms with Gasteiger partial charge >= 0.3 is 0 Å². The predicted octanol–water partition coefficient (Wildman–Crippen LogP) is 3.07. The van der Waals surface area contributed by atoms with Crippen LogP contribution in [-0.2, 0) is 0 Å². The molecule has 2 nitrogen and oxygen atoms in total. The summed E-state index contributed by atoms with van der Waals surface area (Å²) in [5.41, 5.74) is 1.44. The third-order valence-corrected chi connectivity index (χ3v) is 4.40. The van der Waals surface area contributed by atoms with Crippen LogP contribution in [0.2, 0.25) is 0 Å². The van der Waals surface area contributed by atoms with E-state index in [1.807, 2.05) is 7.05 Å². The molecule has 0 saturated carbocycles. The summed E-state index contributed by atoms with van der Waals surface area (Å²) >= 11 is 0. The number of likely N-dealkylation sites (tertiary alicyclic amines) is 1. The summed E-state index contributed by atoms with van der Waals surface area (Å²) in [6.45, 7) is 7.03. The maximum absolute atomic E-state index is 3.36. The van der Waals surface area contributed by atoms with Gasteiger partial charge in [0.25, 0.3) is 0 Å². The van der Waals surface area contributed by atoms with Crippen LogP contribution in [0.25, 0.3) is 0 Å². The summed E-state index contributed by atoms with van der Waals surface area (Å²) < 4.78 is 0. The van der Waals surface area contributed by atoms with Crippen LogP contribution in [0.4, 0.5) is 0 Å². The molecule has 1 aliphatic heterocycles. The van der Waals surface area contributed by atoms with Crippen LogP contribution in [0.3, 0.4) is 0 Å². The highest BCUT2D eigenvalue weighted by Crippen LogP contribution is 2.31. The summed E-state index contributed by atoms with van der Waals surface area (Å²) in [6.07, 6.45) is 2.71. The maximum atomic E-state index is 3.36. The minimum atomic E-state index is 0.508. The molecule has 3 unspecified atom stereocenters. The summed E-state index contributed by atoms with van der Waals surface area (Å²) in [5.74, 6) is 0.807. The summed E-state index contributed by atoms with van der Waals surface area (Å²) in [5, 5.41) is 3.36. The molecule has 2 heteroatoms. The van der Waals surface area contributed by atoms with Crippen LogP contribution >= 0.6 is 0 Å². The van der Waals surface area contributed by atoms with Crippen molar-refractivity contribution >= 4 is 0 Å². The lowest BCUT2D eigenvalue weighted by Gasteiger charge is -2.43. The number of benzene rings is 1. The second-order valence-corrected chi connectivity index (χ2v) is 5.58. The highest BCUT2D eigenvalue weighted by atomic mass is 15.2. The van der Waals surface area contributed by atoms with Crippen molar-refractivity contribution in [1.82, 2.24) is 10.2 Å². The van der Waals surface area contributed by atoms with E-state index < -0.39 is 0 Å². The highest BCUT2D eigenvalue weighted by Gasteiger charge is 2.30. The number of hydrogen-bond donors (Lipinski definition) is 1. The van der Waals surface area contributed by atoms with Crippen molar-refractivity contribution in [3.8, 4) is 0 Å². The quantitative estimate of drug-likeness (QED) is 0.878. The molecule has 1 aromatic carbocycles. The summed E-state index contributed by atoms with van der Waals surface area (Å²) in [7, 11) is 2.05. The number of hydrogen-bond acceptors (Lipinski definition) is 2. The van der Waals surface area contributed by atoms with Gasteiger partial charge < -0.3 is 5.32 Å². The van der Waals surface area contributed by atoms with E-state index in [9.17, 15) is 0 Å². The maximum Gasteiger partial charge on any atom is 0.0475 e. The number of rotatable bonds is 4. The fourth-order valence-electron chi connectivity index (χ4n) is 3.10. The monoisotopic (exact) mass is 246 g/mol. The molecule has 1 fully saturated rings. The number of nitrogens with one attached hydrogen (secondary N) is 1. The van der Waals surface area contributed by atoms with Crippen molar-refractivity contribution in [3.05, 3.63) is 35.9 Å². The average Bonchev–Trinajstić information content (AvgIpc) is 2.41. The fraction of sp³-hybridized carbons (Fsp3) is 0.625. The van der Waals surface area contributed by atoms with Gasteiger partial charge in [-0.1, -0.05) is 37.3 Å². The van der Waals surface area contributed by atoms with Gasteiger partial charge in [0.1, 0.15) is 0 Å². The molecule has 0 bridgehead atoms. The van der Waals surface area contributed by atoms with E-state index in [-0.39, 0.29) is 0 Å². The van der Waals surface area contributed by atoms with Crippen LogP contribution in [0.1, 0.15) is 38.3 Å². The van der Waals surface area contributed by atoms with E-state index in [0.29, 0.717) is 12.1 Å². The zero-order valence-electron chi connectivity index (χ0n) is 11.9. The first kappa shape index (κ1) is 13.6. The molecule has 0 aliphatic carbocycles. The third-order valence-electron chi connectivity index (χ3n) is 4.40. The molecule has 0 aromatic heterocycles. The Morgan fingerprint density at radius 2 is 2.00 bits per heavy atom. The van der Waals surface area contributed by atoms with Gasteiger partial charge in [-0.2, -0.15) is 0 Å². The topological polar surface area (TPSA) is 15.3 Å². The zero-order valence-corrected chi connectivity index (χ0v) is 11.9. The van der Waals surface area contributed by atoms with Gasteiger partial charge in [-0.25, -0.2) is 0 Å². The zero-order chi connectivity index (χ0) is 13.0. The molecule has 1 aliphatic rings. The minimum Gasteiger partial charge on any atom is -0.318 e. The van der Waals surface area contributed by atoms with E-state index in [2.05, 4.69) is 54.4 Å². The molecule has 100 valence electrons. The Bertz CT molecular complexity index is 349. The standard InChI is InChI=1S/C16H26N2/c1-13-8-7-11-18(14(13)2)16(12-17-3)15-9-5-4-6-10-15/h4-6,9-10,13-14,16-17H,7-8,11-12H2,1-3H3. The van der Waals surface area contributed by atoms with Gasteiger partial charge in [-0.3, -0.25) is 4.90 Å². The van der Waals surface area contributed by atoms with Gasteiger partial charge in [-0.05, 0) is 44.8 Å². The number of nitrogens with zero attached hydrogens (tertiary/aromatic N) is 1. The van der Waals surface area contributed by atoms with E-state index in [1.165, 1.54) is 24.9 Å². The van der Waals surface area contributed by atoms with Gasteiger partial charge in [0.15, 0.2) is 0 Å². The van der Waals surface area contributed by atoms with Crippen molar-refractivity contribution in [1.29, 1.82) is 0 Å². The SMILES string of the molecule is CNCC(c1ccccc1)N1CCCC(C)C1C. The first-order valence-electron chi connectivity index (χ1n) is 7.19. The van der Waals surface area contributed by atoms with E-state index in [4.69, 9.17) is 0 Å². The highest BCUT2D eigenvalue weighted by molar-refractivity contribution is 5.20. The minimum absolute atomic E-state index is 0.508. The fourth-order valence-corrected chi connectivity index (χ4v) is 3.10. The van der Waals surface area contributed by atoms with Crippen LogP contribution in [0.5, 0.6) is 0 Å². The van der Waals surface area contributed by atoms with Gasteiger partial charge in [0.2, 0.25) is 0 Å². The van der Waals surface area contributed by atoms with E-state index >= 15 is 0 Å². The van der Waals surface area contributed by atoms with Gasteiger partial charge in [0.05, 0.1) is 0 Å². The summed E-state index contributed by atoms with van der Waals surface area (Å²) in [4.78, 5) is 2.68. The van der Waals surface area contributed by atoms with Gasteiger partial charge in [-0.15, -0.1) is 0 Å². The van der Waals surface area contributed by atoms with Crippen LogP contribution in [-0.4, -0.2) is 31.1 Å². The first-order valence-corrected chi connectivity index (χ1v) is 7.19. The molecule has 2 rings (SSSR count). The average molecular weight is 246 g/mol. The molecular formula is C16H26N2. The molecular weight excluding hydrogens is 220 g/mol. The predicted molar refractivity (Wildman–Crippen MR) is 77.7 cm³/mol. The van der Waals surface area contributed by atoms with Crippen LogP contribution < -0.4 is 5.32 Å². The molecule has 1 aromatic rings. The number of likely N-dealkylation sites (N-methyl/N-ethyl adjacent to an activating group) is 1. The Morgan fingerprint density at radius 3 is 2.67 bits per heavy atom. The normalized spacial score (nSPS) is 27.1.